The first kappa shape index (κ1) is 14.2. The molecule has 21 heavy (non-hydrogen) atoms. The summed E-state index contributed by atoms with van der Waals surface area (Å²) in [5.41, 5.74) is 1.50. The Labute approximate surface area is 129 Å². The molecular weight excluding hydrogens is 309 g/mol. The molecule has 2 heterocycles. The van der Waals surface area contributed by atoms with Crippen LogP contribution in [0.15, 0.2) is 33.9 Å². The van der Waals surface area contributed by atoms with Crippen molar-refractivity contribution in [1.29, 1.82) is 0 Å². The monoisotopic (exact) mass is 321 g/mol. The molecule has 108 valence electrons. The van der Waals surface area contributed by atoms with Crippen LogP contribution in [0.1, 0.15) is 16.3 Å². The van der Waals surface area contributed by atoms with Crippen LogP contribution in [0, 0.1) is 19.7 Å². The van der Waals surface area contributed by atoms with Gasteiger partial charge in [0.05, 0.1) is 10.7 Å². The SMILES string of the molecule is Cc1nc(C)c(-c2nnc(SCc3ccccc3F)o2)s1. The lowest BCUT2D eigenvalue weighted by Gasteiger charge is -1.99. The van der Waals surface area contributed by atoms with Crippen molar-refractivity contribution < 1.29 is 8.81 Å². The standard InChI is InChI=1S/C14H12FN3OS2/c1-8-12(21-9(2)16-8)13-17-18-14(19-13)20-7-10-5-3-4-6-11(10)15/h3-6H,7H2,1-2H3. The normalized spacial score (nSPS) is 11.0. The van der Waals surface area contributed by atoms with E-state index in [2.05, 4.69) is 15.2 Å². The van der Waals surface area contributed by atoms with E-state index in [0.29, 0.717) is 22.4 Å². The van der Waals surface area contributed by atoms with Crippen LogP contribution in [0.5, 0.6) is 0 Å². The fraction of sp³-hybridized carbons (Fsp3) is 0.214. The van der Waals surface area contributed by atoms with E-state index in [0.717, 1.165) is 15.6 Å². The molecule has 0 aliphatic rings. The third kappa shape index (κ3) is 3.14. The maximum atomic E-state index is 13.5. The van der Waals surface area contributed by atoms with Gasteiger partial charge in [-0.25, -0.2) is 9.37 Å². The molecule has 0 atom stereocenters. The number of benzene rings is 1. The Bertz CT molecular complexity index is 769. The van der Waals surface area contributed by atoms with E-state index < -0.39 is 0 Å². The van der Waals surface area contributed by atoms with Crippen LogP contribution in [0.25, 0.3) is 10.8 Å². The van der Waals surface area contributed by atoms with E-state index in [4.69, 9.17) is 4.42 Å². The van der Waals surface area contributed by atoms with Crippen molar-refractivity contribution in [2.24, 2.45) is 0 Å². The van der Waals surface area contributed by atoms with Gasteiger partial charge in [-0.1, -0.05) is 30.0 Å². The van der Waals surface area contributed by atoms with E-state index in [1.807, 2.05) is 19.9 Å². The van der Waals surface area contributed by atoms with Crippen molar-refractivity contribution in [3.05, 3.63) is 46.3 Å². The molecule has 2 aromatic heterocycles. The van der Waals surface area contributed by atoms with Crippen LogP contribution in [-0.4, -0.2) is 15.2 Å². The molecular formula is C14H12FN3OS2. The summed E-state index contributed by atoms with van der Waals surface area (Å²) >= 11 is 2.84. The zero-order valence-corrected chi connectivity index (χ0v) is 13.1. The Morgan fingerprint density at radius 3 is 2.76 bits per heavy atom. The lowest BCUT2D eigenvalue weighted by Crippen LogP contribution is -1.86. The van der Waals surface area contributed by atoms with E-state index in [1.54, 1.807) is 12.1 Å². The highest BCUT2D eigenvalue weighted by Gasteiger charge is 2.15. The minimum Gasteiger partial charge on any atom is -0.410 e. The Kier molecular flexibility index (Phi) is 4.03. The minimum absolute atomic E-state index is 0.223. The van der Waals surface area contributed by atoms with Gasteiger partial charge in [0, 0.05) is 5.75 Å². The molecule has 0 saturated heterocycles. The first-order valence-electron chi connectivity index (χ1n) is 6.27. The molecule has 3 aromatic rings. The quantitative estimate of drug-likeness (QED) is 0.673. The Morgan fingerprint density at radius 2 is 2.05 bits per heavy atom. The molecule has 0 aliphatic carbocycles. The number of thiazole rings is 1. The fourth-order valence-electron chi connectivity index (χ4n) is 1.84. The van der Waals surface area contributed by atoms with Gasteiger partial charge in [0.25, 0.3) is 11.1 Å². The van der Waals surface area contributed by atoms with Crippen molar-refractivity contribution in [3.63, 3.8) is 0 Å². The van der Waals surface area contributed by atoms with Crippen LogP contribution >= 0.6 is 23.1 Å². The fourth-order valence-corrected chi connectivity index (χ4v) is 3.44. The van der Waals surface area contributed by atoms with Crippen LogP contribution in [0.2, 0.25) is 0 Å². The summed E-state index contributed by atoms with van der Waals surface area (Å²) < 4.78 is 19.1. The number of nitrogens with zero attached hydrogens (tertiary/aromatic N) is 3. The van der Waals surface area contributed by atoms with Crippen molar-refractivity contribution in [1.82, 2.24) is 15.2 Å². The number of aryl methyl sites for hydroxylation is 2. The summed E-state index contributed by atoms with van der Waals surface area (Å²) in [5, 5.41) is 9.41. The maximum Gasteiger partial charge on any atom is 0.277 e. The number of hydrogen-bond acceptors (Lipinski definition) is 6. The summed E-state index contributed by atoms with van der Waals surface area (Å²) in [5.74, 6) is 0.697. The number of rotatable bonds is 4. The first-order chi connectivity index (χ1) is 10.1. The van der Waals surface area contributed by atoms with E-state index >= 15 is 0 Å². The summed E-state index contributed by atoms with van der Waals surface area (Å²) in [4.78, 5) is 5.22. The molecule has 7 heteroatoms. The van der Waals surface area contributed by atoms with Gasteiger partial charge in [-0.2, -0.15) is 0 Å². The molecule has 0 spiro atoms. The lowest BCUT2D eigenvalue weighted by atomic mass is 10.2. The molecule has 0 aliphatic heterocycles. The van der Waals surface area contributed by atoms with Crippen molar-refractivity contribution in [2.45, 2.75) is 24.8 Å². The van der Waals surface area contributed by atoms with Gasteiger partial charge in [-0.05, 0) is 25.5 Å². The average molecular weight is 321 g/mol. The molecule has 3 rings (SSSR count). The number of aromatic nitrogens is 3. The predicted molar refractivity (Wildman–Crippen MR) is 80.8 cm³/mol. The summed E-state index contributed by atoms with van der Waals surface area (Å²) in [6.07, 6.45) is 0. The van der Waals surface area contributed by atoms with Gasteiger partial charge in [0.2, 0.25) is 0 Å². The molecule has 0 fully saturated rings. The van der Waals surface area contributed by atoms with Crippen molar-refractivity contribution >= 4 is 23.1 Å². The molecule has 0 saturated carbocycles. The molecule has 0 bridgehead atoms. The number of halogens is 1. The van der Waals surface area contributed by atoms with Crippen molar-refractivity contribution in [3.8, 4) is 10.8 Å². The van der Waals surface area contributed by atoms with Crippen molar-refractivity contribution in [2.75, 3.05) is 0 Å². The summed E-state index contributed by atoms with van der Waals surface area (Å²) in [7, 11) is 0. The summed E-state index contributed by atoms with van der Waals surface area (Å²) in [6, 6.07) is 6.67. The van der Waals surface area contributed by atoms with Crippen LogP contribution in [0.3, 0.4) is 0 Å². The molecule has 4 nitrogen and oxygen atoms in total. The second-order valence-electron chi connectivity index (χ2n) is 4.40. The zero-order valence-electron chi connectivity index (χ0n) is 11.5. The van der Waals surface area contributed by atoms with Gasteiger partial charge >= 0.3 is 0 Å². The largest absolute Gasteiger partial charge is 0.410 e. The minimum atomic E-state index is -0.223. The van der Waals surface area contributed by atoms with E-state index in [-0.39, 0.29) is 5.82 Å². The third-order valence-corrected chi connectivity index (χ3v) is 4.74. The summed E-state index contributed by atoms with van der Waals surface area (Å²) in [6.45, 7) is 3.85. The smallest absolute Gasteiger partial charge is 0.277 e. The zero-order chi connectivity index (χ0) is 14.8. The van der Waals surface area contributed by atoms with Crippen LogP contribution < -0.4 is 0 Å². The molecule has 0 N–H and O–H groups in total. The van der Waals surface area contributed by atoms with Gasteiger partial charge < -0.3 is 4.42 Å². The molecule has 0 radical (unpaired) electrons. The maximum absolute atomic E-state index is 13.5. The number of thioether (sulfide) groups is 1. The second-order valence-corrected chi connectivity index (χ2v) is 6.53. The lowest BCUT2D eigenvalue weighted by molar-refractivity contribution is 0.466. The third-order valence-electron chi connectivity index (χ3n) is 2.81. The second kappa shape index (κ2) is 5.95. The highest BCUT2D eigenvalue weighted by atomic mass is 32.2. The van der Waals surface area contributed by atoms with E-state index in [1.165, 1.54) is 29.2 Å². The highest BCUT2D eigenvalue weighted by Crippen LogP contribution is 2.31. The van der Waals surface area contributed by atoms with Gasteiger partial charge in [0.1, 0.15) is 10.7 Å². The first-order valence-corrected chi connectivity index (χ1v) is 8.08. The Balaban J connectivity index is 1.74. The molecule has 0 unspecified atom stereocenters. The van der Waals surface area contributed by atoms with Crippen LogP contribution in [0.4, 0.5) is 4.39 Å². The van der Waals surface area contributed by atoms with Gasteiger partial charge in [0.15, 0.2) is 0 Å². The van der Waals surface area contributed by atoms with Crippen LogP contribution in [-0.2, 0) is 5.75 Å². The molecule has 0 amide bonds. The van der Waals surface area contributed by atoms with Gasteiger partial charge in [-0.15, -0.1) is 21.5 Å². The highest BCUT2D eigenvalue weighted by molar-refractivity contribution is 7.98. The van der Waals surface area contributed by atoms with E-state index in [9.17, 15) is 4.39 Å². The molecule has 1 aromatic carbocycles. The topological polar surface area (TPSA) is 51.8 Å². The predicted octanol–water partition coefficient (Wildman–Crippen LogP) is 4.24. The number of hydrogen-bond donors (Lipinski definition) is 0. The Hall–Kier alpha value is -1.73. The Morgan fingerprint density at radius 1 is 1.24 bits per heavy atom. The average Bonchev–Trinajstić information content (AvgIpc) is 3.04. The van der Waals surface area contributed by atoms with Gasteiger partial charge in [-0.3, -0.25) is 0 Å².